The van der Waals surface area contributed by atoms with Crippen molar-refractivity contribution in [3.05, 3.63) is 23.8 Å². The third-order valence-corrected chi connectivity index (χ3v) is 2.63. The van der Waals surface area contributed by atoms with Crippen molar-refractivity contribution >= 4 is 27.3 Å². The van der Waals surface area contributed by atoms with Gasteiger partial charge < -0.3 is 4.74 Å². The van der Waals surface area contributed by atoms with E-state index in [4.69, 9.17) is 16.3 Å². The van der Waals surface area contributed by atoms with Gasteiger partial charge in [-0.1, -0.05) is 6.07 Å². The second-order valence-corrected chi connectivity index (χ2v) is 5.05. The number of sulfonamides is 1. The molecule has 1 N–H and O–H groups in total. The minimum Gasteiger partial charge on any atom is -0.496 e. The summed E-state index contributed by atoms with van der Waals surface area (Å²) in [4.78, 5) is 0. The van der Waals surface area contributed by atoms with Gasteiger partial charge in [-0.3, -0.25) is 4.72 Å². The molecule has 0 aromatic heterocycles. The summed E-state index contributed by atoms with van der Waals surface area (Å²) in [5.74, 6) is 0.890. The Bertz CT molecular complexity index is 445. The molecule has 0 unspecified atom stereocenters. The van der Waals surface area contributed by atoms with Gasteiger partial charge >= 0.3 is 0 Å². The summed E-state index contributed by atoms with van der Waals surface area (Å²) in [7, 11) is -1.75. The quantitative estimate of drug-likeness (QED) is 0.828. The average Bonchev–Trinajstić information content (AvgIpc) is 2.15. The van der Waals surface area contributed by atoms with E-state index < -0.39 is 10.0 Å². The van der Waals surface area contributed by atoms with Gasteiger partial charge in [0.25, 0.3) is 0 Å². The maximum absolute atomic E-state index is 11.0. The fourth-order valence-electron chi connectivity index (χ4n) is 1.13. The monoisotopic (exact) mass is 249 g/mol. The fourth-order valence-corrected chi connectivity index (χ4v) is 1.91. The van der Waals surface area contributed by atoms with Crippen molar-refractivity contribution in [1.82, 2.24) is 0 Å². The number of rotatable bonds is 4. The van der Waals surface area contributed by atoms with E-state index in [0.717, 1.165) is 11.8 Å². The number of benzene rings is 1. The van der Waals surface area contributed by atoms with E-state index in [2.05, 4.69) is 4.72 Å². The topological polar surface area (TPSA) is 55.4 Å². The van der Waals surface area contributed by atoms with E-state index in [1.807, 2.05) is 0 Å². The third-order valence-electron chi connectivity index (χ3n) is 1.73. The van der Waals surface area contributed by atoms with Gasteiger partial charge in [-0.25, -0.2) is 8.42 Å². The molecule has 6 heteroatoms. The number of hydrogen-bond donors (Lipinski definition) is 1. The largest absolute Gasteiger partial charge is 0.496 e. The number of hydrogen-bond acceptors (Lipinski definition) is 3. The average molecular weight is 250 g/mol. The Morgan fingerprint density at radius 3 is 2.60 bits per heavy atom. The Kier molecular flexibility index (Phi) is 3.82. The van der Waals surface area contributed by atoms with Gasteiger partial charge in [0.05, 0.1) is 24.9 Å². The molecule has 0 saturated carbocycles. The van der Waals surface area contributed by atoms with Crippen molar-refractivity contribution in [3.63, 3.8) is 0 Å². The molecule has 0 aliphatic rings. The van der Waals surface area contributed by atoms with E-state index in [0.29, 0.717) is 17.3 Å². The molecule has 0 radical (unpaired) electrons. The molecule has 0 aliphatic carbocycles. The molecule has 1 aromatic carbocycles. The van der Waals surface area contributed by atoms with Crippen LogP contribution in [-0.4, -0.2) is 21.8 Å². The number of nitrogens with one attached hydrogen (secondary N) is 1. The summed E-state index contributed by atoms with van der Waals surface area (Å²) < 4.78 is 29.4. The number of anilines is 1. The molecule has 0 spiro atoms. The number of alkyl halides is 1. The molecule has 0 bridgehead atoms. The Morgan fingerprint density at radius 2 is 2.13 bits per heavy atom. The Hall–Kier alpha value is -0.940. The van der Waals surface area contributed by atoms with Crippen molar-refractivity contribution in [2.24, 2.45) is 0 Å². The van der Waals surface area contributed by atoms with E-state index >= 15 is 0 Å². The molecular formula is C9H12ClNO3S. The van der Waals surface area contributed by atoms with Crippen molar-refractivity contribution in [2.75, 3.05) is 18.1 Å². The first kappa shape index (κ1) is 12.1. The van der Waals surface area contributed by atoms with Crippen LogP contribution in [0.5, 0.6) is 5.75 Å². The molecule has 0 amide bonds. The van der Waals surface area contributed by atoms with Crippen LogP contribution in [0, 0.1) is 0 Å². The highest BCUT2D eigenvalue weighted by molar-refractivity contribution is 7.92. The zero-order chi connectivity index (χ0) is 11.5. The Morgan fingerprint density at radius 1 is 1.47 bits per heavy atom. The first-order valence-electron chi connectivity index (χ1n) is 4.17. The molecule has 0 aliphatic heterocycles. The lowest BCUT2D eigenvalue weighted by Crippen LogP contribution is -2.09. The zero-order valence-electron chi connectivity index (χ0n) is 8.45. The predicted molar refractivity (Wildman–Crippen MR) is 61.0 cm³/mol. The zero-order valence-corrected chi connectivity index (χ0v) is 10.0. The first-order chi connectivity index (χ1) is 6.96. The summed E-state index contributed by atoms with van der Waals surface area (Å²) in [5, 5.41) is 0. The highest BCUT2D eigenvalue weighted by Crippen LogP contribution is 2.24. The van der Waals surface area contributed by atoms with Crippen molar-refractivity contribution < 1.29 is 13.2 Å². The molecule has 1 aromatic rings. The van der Waals surface area contributed by atoms with E-state index in [1.54, 1.807) is 18.2 Å². The van der Waals surface area contributed by atoms with Gasteiger partial charge in [-0.05, 0) is 6.07 Å². The summed E-state index contributed by atoms with van der Waals surface area (Å²) >= 11 is 5.68. The molecule has 4 nitrogen and oxygen atoms in total. The van der Waals surface area contributed by atoms with Crippen LogP contribution in [0.4, 0.5) is 5.69 Å². The van der Waals surface area contributed by atoms with Crippen LogP contribution >= 0.6 is 11.6 Å². The van der Waals surface area contributed by atoms with Crippen LogP contribution < -0.4 is 9.46 Å². The van der Waals surface area contributed by atoms with Crippen LogP contribution in [-0.2, 0) is 15.9 Å². The van der Waals surface area contributed by atoms with Gasteiger partial charge in [0.2, 0.25) is 10.0 Å². The summed E-state index contributed by atoms with van der Waals surface area (Å²) in [5.41, 5.74) is 1.28. The predicted octanol–water partition coefficient (Wildman–Crippen LogP) is 1.81. The van der Waals surface area contributed by atoms with Gasteiger partial charge in [-0.2, -0.15) is 0 Å². The Labute approximate surface area is 94.3 Å². The van der Waals surface area contributed by atoms with Gasteiger partial charge in [0.1, 0.15) is 5.75 Å². The van der Waals surface area contributed by atoms with Crippen LogP contribution in [0.15, 0.2) is 18.2 Å². The second kappa shape index (κ2) is 4.72. The highest BCUT2D eigenvalue weighted by atomic mass is 35.5. The standard InChI is InChI=1S/C9H12ClNO3S/c1-14-9-5-8(11-15(2,12)13)4-3-7(9)6-10/h3-5,11H,6H2,1-2H3. The number of methoxy groups -OCH3 is 1. The Balaban J connectivity index is 3.03. The molecule has 0 saturated heterocycles. The minimum absolute atomic E-state index is 0.322. The van der Waals surface area contributed by atoms with Crippen LogP contribution in [0.1, 0.15) is 5.56 Å². The van der Waals surface area contributed by atoms with Crippen molar-refractivity contribution in [3.8, 4) is 5.75 Å². The normalized spacial score (nSPS) is 11.1. The van der Waals surface area contributed by atoms with E-state index in [9.17, 15) is 8.42 Å². The second-order valence-electron chi connectivity index (χ2n) is 3.03. The SMILES string of the molecule is COc1cc(NS(C)(=O)=O)ccc1CCl. The first-order valence-corrected chi connectivity index (χ1v) is 6.59. The van der Waals surface area contributed by atoms with Crippen LogP contribution in [0.25, 0.3) is 0 Å². The molecule has 0 atom stereocenters. The molecule has 0 fully saturated rings. The van der Waals surface area contributed by atoms with Crippen LogP contribution in [0.2, 0.25) is 0 Å². The molecule has 0 heterocycles. The third kappa shape index (κ3) is 3.60. The molecule has 84 valence electrons. The summed E-state index contributed by atoms with van der Waals surface area (Å²) in [6, 6.07) is 4.96. The lowest BCUT2D eigenvalue weighted by molar-refractivity contribution is 0.411. The van der Waals surface area contributed by atoms with Gasteiger partial charge in [-0.15, -0.1) is 11.6 Å². The molecule has 15 heavy (non-hydrogen) atoms. The molecular weight excluding hydrogens is 238 g/mol. The lowest BCUT2D eigenvalue weighted by atomic mass is 10.2. The molecule has 1 rings (SSSR count). The van der Waals surface area contributed by atoms with Crippen LogP contribution in [0.3, 0.4) is 0 Å². The number of ether oxygens (including phenoxy) is 1. The van der Waals surface area contributed by atoms with Crippen molar-refractivity contribution in [1.29, 1.82) is 0 Å². The number of halogens is 1. The van der Waals surface area contributed by atoms with Gasteiger partial charge in [0.15, 0.2) is 0 Å². The maximum atomic E-state index is 11.0. The fraction of sp³-hybridized carbons (Fsp3) is 0.333. The lowest BCUT2D eigenvalue weighted by Gasteiger charge is -2.09. The van der Waals surface area contributed by atoms with Crippen molar-refractivity contribution in [2.45, 2.75) is 5.88 Å². The maximum Gasteiger partial charge on any atom is 0.229 e. The highest BCUT2D eigenvalue weighted by Gasteiger charge is 2.06. The summed E-state index contributed by atoms with van der Waals surface area (Å²) in [6.07, 6.45) is 1.09. The summed E-state index contributed by atoms with van der Waals surface area (Å²) in [6.45, 7) is 0. The van der Waals surface area contributed by atoms with E-state index in [1.165, 1.54) is 7.11 Å². The minimum atomic E-state index is -3.26. The van der Waals surface area contributed by atoms with E-state index in [-0.39, 0.29) is 0 Å². The smallest absolute Gasteiger partial charge is 0.229 e. The van der Waals surface area contributed by atoms with Gasteiger partial charge in [0, 0.05) is 11.6 Å².